The molecule has 126 valence electrons. The van der Waals surface area contributed by atoms with Gasteiger partial charge < -0.3 is 14.6 Å². The van der Waals surface area contributed by atoms with Crippen LogP contribution in [-0.4, -0.2) is 49.6 Å². The number of imidazole rings is 1. The Hall–Kier alpha value is -1.95. The van der Waals surface area contributed by atoms with E-state index in [0.717, 1.165) is 17.7 Å². The van der Waals surface area contributed by atoms with Gasteiger partial charge in [-0.1, -0.05) is 13.8 Å². The maximum Gasteiger partial charge on any atom is 0.255 e. The lowest BCUT2D eigenvalue weighted by Gasteiger charge is -2.26. The van der Waals surface area contributed by atoms with E-state index in [-0.39, 0.29) is 18.6 Å². The number of rotatable bonds is 7. The molecule has 0 bridgehead atoms. The molecule has 0 unspecified atom stereocenters. The first-order valence-electron chi connectivity index (χ1n) is 8.16. The largest absolute Gasteiger partial charge is 0.396 e. The number of nitrogens with zero attached hydrogens (tertiary/aromatic N) is 4. The maximum atomic E-state index is 12.7. The van der Waals surface area contributed by atoms with Gasteiger partial charge in [-0.05, 0) is 32.3 Å². The van der Waals surface area contributed by atoms with Gasteiger partial charge in [-0.25, -0.2) is 9.97 Å². The smallest absolute Gasteiger partial charge is 0.255 e. The van der Waals surface area contributed by atoms with Crippen molar-refractivity contribution in [1.29, 1.82) is 0 Å². The van der Waals surface area contributed by atoms with Crippen LogP contribution in [0.2, 0.25) is 0 Å². The van der Waals surface area contributed by atoms with Gasteiger partial charge in [0.1, 0.15) is 5.52 Å². The zero-order valence-corrected chi connectivity index (χ0v) is 14.4. The molecule has 1 N–H and O–H groups in total. The zero-order chi connectivity index (χ0) is 17.0. The lowest BCUT2D eigenvalue weighted by atomic mass is 10.2. The lowest BCUT2D eigenvalue weighted by Crippen LogP contribution is -2.38. The van der Waals surface area contributed by atoms with E-state index in [1.807, 2.05) is 18.4 Å². The lowest BCUT2D eigenvalue weighted by molar-refractivity contribution is 0.0693. The zero-order valence-electron chi connectivity index (χ0n) is 14.4. The predicted molar refractivity (Wildman–Crippen MR) is 90.2 cm³/mol. The average molecular weight is 318 g/mol. The molecule has 0 saturated carbocycles. The number of aromatic nitrogens is 3. The minimum absolute atomic E-state index is 0.0683. The van der Waals surface area contributed by atoms with Crippen molar-refractivity contribution in [1.82, 2.24) is 19.4 Å². The Kier molecular flexibility index (Phi) is 5.71. The summed E-state index contributed by atoms with van der Waals surface area (Å²) in [5.74, 6) is 0.437. The summed E-state index contributed by atoms with van der Waals surface area (Å²) in [6.45, 7) is 9.69. The van der Waals surface area contributed by atoms with Crippen LogP contribution in [0.3, 0.4) is 0 Å². The summed E-state index contributed by atoms with van der Waals surface area (Å²) in [5, 5.41) is 9.00. The van der Waals surface area contributed by atoms with E-state index in [2.05, 4.69) is 23.8 Å². The highest BCUT2D eigenvalue weighted by Gasteiger charge is 2.19. The molecule has 6 nitrogen and oxygen atoms in total. The molecule has 2 aromatic rings. The van der Waals surface area contributed by atoms with Gasteiger partial charge in [0.05, 0.1) is 11.9 Å². The number of carbonyl (C=O) groups is 1. The minimum atomic E-state index is -0.0683. The second kappa shape index (κ2) is 7.55. The van der Waals surface area contributed by atoms with E-state index in [4.69, 9.17) is 5.11 Å². The number of aliphatic hydroxyl groups excluding tert-OH is 1. The summed E-state index contributed by atoms with van der Waals surface area (Å²) in [5.41, 5.74) is 2.09. The Labute approximate surface area is 137 Å². The number of pyridine rings is 1. The molecule has 2 rings (SSSR count). The van der Waals surface area contributed by atoms with Gasteiger partial charge in [0.2, 0.25) is 0 Å². The fourth-order valence-corrected chi connectivity index (χ4v) is 2.59. The molecular weight excluding hydrogens is 292 g/mol. The van der Waals surface area contributed by atoms with Crippen molar-refractivity contribution < 1.29 is 9.90 Å². The minimum Gasteiger partial charge on any atom is -0.396 e. The molecule has 0 saturated heterocycles. The molecule has 1 amide bonds. The van der Waals surface area contributed by atoms with Gasteiger partial charge in [0.15, 0.2) is 5.65 Å². The van der Waals surface area contributed by atoms with Crippen LogP contribution in [0.15, 0.2) is 18.6 Å². The molecule has 0 aromatic carbocycles. The Morgan fingerprint density at radius 1 is 1.30 bits per heavy atom. The Balaban J connectivity index is 2.27. The molecule has 0 aliphatic heterocycles. The van der Waals surface area contributed by atoms with E-state index in [0.29, 0.717) is 24.4 Å². The van der Waals surface area contributed by atoms with Gasteiger partial charge >= 0.3 is 0 Å². The van der Waals surface area contributed by atoms with Crippen LogP contribution in [0, 0.1) is 5.92 Å². The number of fused-ring (bicyclic) bond motifs is 1. The molecule has 2 aromatic heterocycles. The number of amides is 1. The third kappa shape index (κ3) is 4.07. The standard InChI is InChI=1S/C17H26N4O2/c1-12(2)10-20-11-19-15-8-14(9-18-16(15)20)17(23)21(13(3)4)6-5-7-22/h8-9,11-13,22H,5-7,10H2,1-4H3. The van der Waals surface area contributed by atoms with Crippen LogP contribution in [0.25, 0.3) is 11.2 Å². The predicted octanol–water partition coefficient (Wildman–Crippen LogP) is 2.32. The molecule has 6 heteroatoms. The molecule has 0 atom stereocenters. The maximum absolute atomic E-state index is 12.7. The third-order valence-electron chi connectivity index (χ3n) is 3.71. The highest BCUT2D eigenvalue weighted by molar-refractivity contribution is 5.96. The van der Waals surface area contributed by atoms with Gasteiger partial charge in [-0.15, -0.1) is 0 Å². The highest BCUT2D eigenvalue weighted by Crippen LogP contribution is 2.16. The Bertz CT molecular complexity index is 664. The van der Waals surface area contributed by atoms with Crippen molar-refractivity contribution >= 4 is 17.1 Å². The first-order chi connectivity index (χ1) is 10.9. The van der Waals surface area contributed by atoms with E-state index >= 15 is 0 Å². The first kappa shape index (κ1) is 17.4. The molecule has 0 spiro atoms. The summed E-state index contributed by atoms with van der Waals surface area (Å²) >= 11 is 0. The topological polar surface area (TPSA) is 71.2 Å². The molecule has 0 radical (unpaired) electrons. The van der Waals surface area contributed by atoms with E-state index < -0.39 is 0 Å². The van der Waals surface area contributed by atoms with Gasteiger partial charge in [-0.2, -0.15) is 0 Å². The van der Waals surface area contributed by atoms with Crippen molar-refractivity contribution in [3.8, 4) is 0 Å². The van der Waals surface area contributed by atoms with Crippen molar-refractivity contribution in [3.63, 3.8) is 0 Å². The second-order valence-corrected chi connectivity index (χ2v) is 6.53. The quantitative estimate of drug-likeness (QED) is 0.850. The van der Waals surface area contributed by atoms with Crippen LogP contribution in [0.1, 0.15) is 44.5 Å². The molecule has 0 fully saturated rings. The van der Waals surface area contributed by atoms with Crippen LogP contribution in [0.4, 0.5) is 0 Å². The molecule has 23 heavy (non-hydrogen) atoms. The fourth-order valence-electron chi connectivity index (χ4n) is 2.59. The van der Waals surface area contributed by atoms with E-state index in [1.165, 1.54) is 0 Å². The van der Waals surface area contributed by atoms with Crippen molar-refractivity contribution in [2.24, 2.45) is 5.92 Å². The van der Waals surface area contributed by atoms with Gasteiger partial charge in [-0.3, -0.25) is 4.79 Å². The van der Waals surface area contributed by atoms with Crippen molar-refractivity contribution in [3.05, 3.63) is 24.2 Å². The summed E-state index contributed by atoms with van der Waals surface area (Å²) in [6.07, 6.45) is 3.97. The molecule has 0 aliphatic carbocycles. The average Bonchev–Trinajstić information content (AvgIpc) is 2.88. The monoisotopic (exact) mass is 318 g/mol. The van der Waals surface area contributed by atoms with Gasteiger partial charge in [0, 0.05) is 31.9 Å². The first-order valence-corrected chi connectivity index (χ1v) is 8.16. The number of aliphatic hydroxyl groups is 1. The summed E-state index contributed by atoms with van der Waals surface area (Å²) in [6, 6.07) is 1.87. The number of hydrogen-bond acceptors (Lipinski definition) is 4. The van der Waals surface area contributed by atoms with Crippen LogP contribution in [-0.2, 0) is 6.54 Å². The molecular formula is C17H26N4O2. The number of carbonyl (C=O) groups excluding carboxylic acids is 1. The number of hydrogen-bond donors (Lipinski definition) is 1. The Morgan fingerprint density at radius 2 is 2.04 bits per heavy atom. The highest BCUT2D eigenvalue weighted by atomic mass is 16.3. The van der Waals surface area contributed by atoms with Crippen molar-refractivity contribution in [2.45, 2.75) is 46.7 Å². The third-order valence-corrected chi connectivity index (χ3v) is 3.71. The fraction of sp³-hybridized carbons (Fsp3) is 0.588. The van der Waals surface area contributed by atoms with E-state index in [9.17, 15) is 4.79 Å². The summed E-state index contributed by atoms with van der Waals surface area (Å²) < 4.78 is 2.01. The van der Waals surface area contributed by atoms with Crippen molar-refractivity contribution in [2.75, 3.05) is 13.2 Å². The van der Waals surface area contributed by atoms with Crippen LogP contribution < -0.4 is 0 Å². The van der Waals surface area contributed by atoms with E-state index in [1.54, 1.807) is 23.5 Å². The van der Waals surface area contributed by atoms with Crippen LogP contribution >= 0.6 is 0 Å². The SMILES string of the molecule is CC(C)Cn1cnc2cc(C(=O)N(CCCO)C(C)C)cnc21. The van der Waals surface area contributed by atoms with Gasteiger partial charge in [0.25, 0.3) is 5.91 Å². The molecule has 2 heterocycles. The van der Waals surface area contributed by atoms with Crippen LogP contribution in [0.5, 0.6) is 0 Å². The molecule has 0 aliphatic rings. The summed E-state index contributed by atoms with van der Waals surface area (Å²) in [7, 11) is 0. The normalized spacial score (nSPS) is 11.6. The second-order valence-electron chi connectivity index (χ2n) is 6.53. The summed E-state index contributed by atoms with van der Waals surface area (Å²) in [4.78, 5) is 23.3. The Morgan fingerprint density at radius 3 is 2.65 bits per heavy atom.